The number of hydrogen-bond acceptors (Lipinski definition) is 4. The topological polar surface area (TPSA) is 56.7 Å². The van der Waals surface area contributed by atoms with Crippen LogP contribution in [-0.2, 0) is 7.05 Å². The van der Waals surface area contributed by atoms with Crippen LogP contribution in [0.5, 0.6) is 0 Å². The van der Waals surface area contributed by atoms with E-state index in [1.165, 1.54) is 6.39 Å². The standard InChI is InChI=1S/C6H5IN4O/c1-11-5(7)4(2-9-11)6-10-8-3-12-6/h2-3H,1H3. The summed E-state index contributed by atoms with van der Waals surface area (Å²) in [6, 6.07) is 0. The highest BCUT2D eigenvalue weighted by molar-refractivity contribution is 14.1. The monoisotopic (exact) mass is 276 g/mol. The molecular formula is C6H5IN4O. The van der Waals surface area contributed by atoms with Gasteiger partial charge in [0, 0.05) is 7.05 Å². The van der Waals surface area contributed by atoms with Crippen molar-refractivity contribution in [2.75, 3.05) is 0 Å². The first kappa shape index (κ1) is 7.71. The van der Waals surface area contributed by atoms with Crippen LogP contribution in [0.25, 0.3) is 11.5 Å². The first-order valence-corrected chi connectivity index (χ1v) is 4.31. The van der Waals surface area contributed by atoms with Crippen molar-refractivity contribution >= 4 is 22.6 Å². The van der Waals surface area contributed by atoms with Gasteiger partial charge in [-0.25, -0.2) is 0 Å². The minimum absolute atomic E-state index is 0.507. The summed E-state index contributed by atoms with van der Waals surface area (Å²) in [7, 11) is 1.86. The minimum atomic E-state index is 0.507. The van der Waals surface area contributed by atoms with E-state index in [0.29, 0.717) is 5.89 Å². The number of hydrogen-bond donors (Lipinski definition) is 0. The van der Waals surface area contributed by atoms with Crippen molar-refractivity contribution < 1.29 is 4.42 Å². The molecule has 0 unspecified atom stereocenters. The van der Waals surface area contributed by atoms with Crippen molar-refractivity contribution in [2.45, 2.75) is 0 Å². The van der Waals surface area contributed by atoms with Crippen LogP contribution in [0.1, 0.15) is 0 Å². The third-order valence-corrected chi connectivity index (χ3v) is 2.74. The maximum absolute atomic E-state index is 5.03. The molecule has 0 aromatic carbocycles. The van der Waals surface area contributed by atoms with Crippen molar-refractivity contribution in [1.29, 1.82) is 0 Å². The van der Waals surface area contributed by atoms with E-state index in [-0.39, 0.29) is 0 Å². The van der Waals surface area contributed by atoms with Gasteiger partial charge in [-0.2, -0.15) is 5.10 Å². The van der Waals surface area contributed by atoms with Gasteiger partial charge in [-0.15, -0.1) is 10.2 Å². The predicted molar refractivity (Wildman–Crippen MR) is 49.2 cm³/mol. The van der Waals surface area contributed by atoms with Gasteiger partial charge in [0.2, 0.25) is 6.39 Å². The summed E-state index contributed by atoms with van der Waals surface area (Å²) in [5.41, 5.74) is 0.871. The van der Waals surface area contributed by atoms with E-state index in [1.807, 2.05) is 7.05 Å². The molecule has 2 aromatic rings. The Bertz CT molecular complexity index is 380. The molecule has 12 heavy (non-hydrogen) atoms. The largest absolute Gasteiger partial charge is 0.423 e. The van der Waals surface area contributed by atoms with Crippen molar-refractivity contribution in [3.63, 3.8) is 0 Å². The molecule has 62 valence electrons. The van der Waals surface area contributed by atoms with Gasteiger partial charge in [-0.3, -0.25) is 4.68 Å². The summed E-state index contributed by atoms with van der Waals surface area (Å²) in [5.74, 6) is 0.507. The smallest absolute Gasteiger partial charge is 0.251 e. The summed E-state index contributed by atoms with van der Waals surface area (Å²) < 4.78 is 7.77. The summed E-state index contributed by atoms with van der Waals surface area (Å²) in [5, 5.41) is 11.4. The molecule has 2 heterocycles. The maximum atomic E-state index is 5.03. The second-order valence-corrected chi connectivity index (χ2v) is 3.24. The molecule has 0 aliphatic rings. The summed E-state index contributed by atoms with van der Waals surface area (Å²) in [6.45, 7) is 0. The first-order chi connectivity index (χ1) is 5.79. The summed E-state index contributed by atoms with van der Waals surface area (Å²) in [6.07, 6.45) is 3.01. The molecule has 0 atom stereocenters. The van der Waals surface area contributed by atoms with Gasteiger partial charge in [-0.05, 0) is 22.6 Å². The number of aromatic nitrogens is 4. The Morgan fingerprint density at radius 3 is 2.92 bits per heavy atom. The van der Waals surface area contributed by atoms with Gasteiger partial charge in [0.15, 0.2) is 0 Å². The number of aryl methyl sites for hydroxylation is 1. The van der Waals surface area contributed by atoms with Crippen LogP contribution in [-0.4, -0.2) is 20.0 Å². The Balaban J connectivity index is 2.55. The molecule has 0 saturated heterocycles. The van der Waals surface area contributed by atoms with Crippen molar-refractivity contribution in [2.24, 2.45) is 7.05 Å². The van der Waals surface area contributed by atoms with E-state index in [4.69, 9.17) is 4.42 Å². The molecule has 0 aliphatic heterocycles. The van der Waals surface area contributed by atoms with Crippen molar-refractivity contribution in [3.05, 3.63) is 16.3 Å². The molecule has 2 aromatic heterocycles. The Labute approximate surface area is 81.9 Å². The lowest BCUT2D eigenvalue weighted by Crippen LogP contribution is -1.92. The maximum Gasteiger partial charge on any atom is 0.251 e. The van der Waals surface area contributed by atoms with Crippen LogP contribution in [0.4, 0.5) is 0 Å². The molecular weight excluding hydrogens is 271 g/mol. The summed E-state index contributed by atoms with van der Waals surface area (Å²) in [4.78, 5) is 0. The average molecular weight is 276 g/mol. The third-order valence-electron chi connectivity index (χ3n) is 1.46. The molecule has 0 fully saturated rings. The zero-order valence-corrected chi connectivity index (χ0v) is 8.39. The van der Waals surface area contributed by atoms with E-state index in [9.17, 15) is 0 Å². The molecule has 0 bridgehead atoms. The van der Waals surface area contributed by atoms with Crippen LogP contribution in [0.15, 0.2) is 17.0 Å². The Kier molecular flexibility index (Phi) is 1.83. The Hall–Kier alpha value is -0.920. The number of rotatable bonds is 1. The highest BCUT2D eigenvalue weighted by Gasteiger charge is 2.11. The molecule has 0 spiro atoms. The lowest BCUT2D eigenvalue weighted by atomic mass is 10.4. The highest BCUT2D eigenvalue weighted by atomic mass is 127. The summed E-state index contributed by atoms with van der Waals surface area (Å²) >= 11 is 2.17. The van der Waals surface area contributed by atoms with E-state index in [2.05, 4.69) is 37.9 Å². The normalized spacial score (nSPS) is 10.5. The third kappa shape index (κ3) is 1.11. The number of halogens is 1. The van der Waals surface area contributed by atoms with Gasteiger partial charge in [0.05, 0.1) is 11.8 Å². The molecule has 6 heteroatoms. The van der Waals surface area contributed by atoms with Gasteiger partial charge < -0.3 is 4.42 Å². The fraction of sp³-hybridized carbons (Fsp3) is 0.167. The second kappa shape index (κ2) is 2.85. The van der Waals surface area contributed by atoms with Crippen molar-refractivity contribution in [1.82, 2.24) is 20.0 Å². The molecule has 0 N–H and O–H groups in total. The van der Waals surface area contributed by atoms with Crippen LogP contribution in [0.3, 0.4) is 0 Å². The van der Waals surface area contributed by atoms with Gasteiger partial charge in [0.25, 0.3) is 5.89 Å². The molecule has 0 aliphatic carbocycles. The lowest BCUT2D eigenvalue weighted by molar-refractivity contribution is 0.568. The molecule has 2 rings (SSSR count). The van der Waals surface area contributed by atoms with Crippen LogP contribution < -0.4 is 0 Å². The van der Waals surface area contributed by atoms with Crippen LogP contribution in [0, 0.1) is 3.70 Å². The zero-order valence-electron chi connectivity index (χ0n) is 6.23. The average Bonchev–Trinajstić information content (AvgIpc) is 2.64. The van der Waals surface area contributed by atoms with E-state index < -0.39 is 0 Å². The lowest BCUT2D eigenvalue weighted by Gasteiger charge is -1.91. The first-order valence-electron chi connectivity index (χ1n) is 3.23. The zero-order chi connectivity index (χ0) is 8.55. The Morgan fingerprint density at radius 1 is 1.58 bits per heavy atom. The molecule has 0 radical (unpaired) electrons. The highest BCUT2D eigenvalue weighted by Crippen LogP contribution is 2.21. The molecule has 0 saturated carbocycles. The number of nitrogens with zero attached hydrogens (tertiary/aromatic N) is 4. The van der Waals surface area contributed by atoms with Gasteiger partial charge >= 0.3 is 0 Å². The van der Waals surface area contributed by atoms with Gasteiger partial charge in [-0.1, -0.05) is 0 Å². The van der Waals surface area contributed by atoms with Crippen LogP contribution >= 0.6 is 22.6 Å². The van der Waals surface area contributed by atoms with Gasteiger partial charge in [0.1, 0.15) is 3.70 Å². The molecule has 5 nitrogen and oxygen atoms in total. The molecule has 0 amide bonds. The predicted octanol–water partition coefficient (Wildman–Crippen LogP) is 1.07. The SMILES string of the molecule is Cn1ncc(-c2nnco2)c1I. The van der Waals surface area contributed by atoms with E-state index in [0.717, 1.165) is 9.26 Å². The Morgan fingerprint density at radius 2 is 2.42 bits per heavy atom. The minimum Gasteiger partial charge on any atom is -0.423 e. The van der Waals surface area contributed by atoms with E-state index >= 15 is 0 Å². The van der Waals surface area contributed by atoms with Crippen molar-refractivity contribution in [3.8, 4) is 11.5 Å². The fourth-order valence-corrected chi connectivity index (χ4v) is 1.35. The van der Waals surface area contributed by atoms with E-state index in [1.54, 1.807) is 10.9 Å². The second-order valence-electron chi connectivity index (χ2n) is 2.22. The quantitative estimate of drug-likeness (QED) is 0.731. The fourth-order valence-electron chi connectivity index (χ4n) is 0.856. The van der Waals surface area contributed by atoms with Crippen LogP contribution in [0.2, 0.25) is 0 Å².